The van der Waals surface area contributed by atoms with Gasteiger partial charge in [-0.25, -0.2) is 0 Å². The maximum atomic E-state index is 13.2. The van der Waals surface area contributed by atoms with Crippen molar-refractivity contribution in [3.8, 4) is 23.0 Å². The fourth-order valence-corrected chi connectivity index (χ4v) is 4.12. The summed E-state index contributed by atoms with van der Waals surface area (Å²) in [5, 5.41) is 11.4. The molecule has 4 aromatic rings. The molecule has 0 saturated heterocycles. The summed E-state index contributed by atoms with van der Waals surface area (Å²) in [6.07, 6.45) is 0. The Kier molecular flexibility index (Phi) is 6.08. The summed E-state index contributed by atoms with van der Waals surface area (Å²) in [5.41, 5.74) is 2.00. The first-order valence-electron chi connectivity index (χ1n) is 10.7. The van der Waals surface area contributed by atoms with Crippen molar-refractivity contribution in [3.63, 3.8) is 0 Å². The lowest BCUT2D eigenvalue weighted by atomic mass is 9.88. The molecule has 4 aromatic carbocycles. The van der Waals surface area contributed by atoms with Crippen LogP contribution in [0.25, 0.3) is 0 Å². The molecule has 1 aliphatic rings. The van der Waals surface area contributed by atoms with Crippen molar-refractivity contribution < 1.29 is 23.9 Å². The number of esters is 1. The van der Waals surface area contributed by atoms with Crippen molar-refractivity contribution >= 4 is 23.3 Å². The molecule has 0 aromatic heterocycles. The van der Waals surface area contributed by atoms with Gasteiger partial charge in [-0.05, 0) is 35.9 Å². The van der Waals surface area contributed by atoms with E-state index in [2.05, 4.69) is 0 Å². The minimum atomic E-state index is -0.598. The van der Waals surface area contributed by atoms with Crippen LogP contribution < -0.4 is 9.47 Å². The first-order valence-corrected chi connectivity index (χ1v) is 11.1. The number of carbonyl (C=O) groups excluding carboxylic acids is 1. The third-order valence-electron chi connectivity index (χ3n) is 5.58. The molecule has 174 valence electrons. The Hall–Kier alpha value is -4.36. The van der Waals surface area contributed by atoms with Gasteiger partial charge in [-0.3, -0.25) is 14.9 Å². The van der Waals surface area contributed by atoms with Gasteiger partial charge in [0.1, 0.15) is 29.8 Å². The van der Waals surface area contributed by atoms with Crippen molar-refractivity contribution in [2.45, 2.75) is 12.5 Å². The lowest BCUT2D eigenvalue weighted by Gasteiger charge is -2.26. The van der Waals surface area contributed by atoms with Gasteiger partial charge in [-0.15, -0.1) is 0 Å². The van der Waals surface area contributed by atoms with Crippen molar-refractivity contribution in [2.75, 3.05) is 0 Å². The second kappa shape index (κ2) is 9.48. The molecule has 0 amide bonds. The maximum Gasteiger partial charge on any atom is 0.318 e. The molecule has 1 heterocycles. The molecule has 8 heteroatoms. The van der Waals surface area contributed by atoms with E-state index in [1.54, 1.807) is 24.3 Å². The number of ether oxygens (including phenoxy) is 3. The average molecular weight is 488 g/mol. The normalized spacial score (nSPS) is 12.1. The zero-order chi connectivity index (χ0) is 24.4. The van der Waals surface area contributed by atoms with E-state index in [4.69, 9.17) is 25.8 Å². The SMILES string of the molecule is O=C(OCc1ccc(Oc2c(Cl)cccc2[N+](=O)[O-])cc1)C1c2ccccc2Oc2ccccc21. The highest BCUT2D eigenvalue weighted by atomic mass is 35.5. The number of halogens is 1. The number of para-hydroxylation sites is 3. The summed E-state index contributed by atoms with van der Waals surface area (Å²) in [5.74, 6) is 0.602. The van der Waals surface area contributed by atoms with Gasteiger partial charge >= 0.3 is 11.7 Å². The van der Waals surface area contributed by atoms with Crippen LogP contribution in [0.5, 0.6) is 23.0 Å². The van der Waals surface area contributed by atoms with Gasteiger partial charge in [0.25, 0.3) is 0 Å². The van der Waals surface area contributed by atoms with E-state index in [0.717, 1.165) is 16.7 Å². The Balaban J connectivity index is 1.30. The summed E-state index contributed by atoms with van der Waals surface area (Å²) in [6.45, 7) is 0.0487. The number of nitro groups is 1. The molecule has 0 spiro atoms. The largest absolute Gasteiger partial charge is 0.460 e. The van der Waals surface area contributed by atoms with Crippen molar-refractivity contribution in [1.29, 1.82) is 0 Å². The molecule has 0 aliphatic carbocycles. The Bertz CT molecular complexity index is 1370. The minimum absolute atomic E-state index is 0.0322. The molecule has 0 radical (unpaired) electrons. The van der Waals surface area contributed by atoms with Crippen LogP contribution in [-0.2, 0) is 16.1 Å². The molecule has 0 unspecified atom stereocenters. The number of hydrogen-bond acceptors (Lipinski definition) is 6. The number of rotatable bonds is 6. The quantitative estimate of drug-likeness (QED) is 0.165. The van der Waals surface area contributed by atoms with E-state index >= 15 is 0 Å². The van der Waals surface area contributed by atoms with E-state index < -0.39 is 10.8 Å². The molecule has 1 aliphatic heterocycles. The van der Waals surface area contributed by atoms with Gasteiger partial charge in [0, 0.05) is 17.2 Å². The van der Waals surface area contributed by atoms with Crippen LogP contribution in [0.2, 0.25) is 5.02 Å². The first-order chi connectivity index (χ1) is 17.0. The van der Waals surface area contributed by atoms with Crippen LogP contribution in [0.4, 0.5) is 5.69 Å². The van der Waals surface area contributed by atoms with Gasteiger partial charge in [0.15, 0.2) is 0 Å². The van der Waals surface area contributed by atoms with Crippen molar-refractivity contribution in [1.82, 2.24) is 0 Å². The molecular weight excluding hydrogens is 470 g/mol. The minimum Gasteiger partial charge on any atom is -0.460 e. The molecule has 7 nitrogen and oxygen atoms in total. The Morgan fingerprint density at radius 1 is 0.886 bits per heavy atom. The zero-order valence-electron chi connectivity index (χ0n) is 18.2. The highest BCUT2D eigenvalue weighted by molar-refractivity contribution is 6.32. The monoisotopic (exact) mass is 487 g/mol. The molecule has 0 atom stereocenters. The number of carbonyl (C=O) groups is 1. The fourth-order valence-electron chi connectivity index (χ4n) is 3.92. The number of hydrogen-bond donors (Lipinski definition) is 0. The van der Waals surface area contributed by atoms with Gasteiger partial charge < -0.3 is 14.2 Å². The Morgan fingerprint density at radius 2 is 1.51 bits per heavy atom. The Labute approximate surface area is 205 Å². The average Bonchev–Trinajstić information content (AvgIpc) is 2.87. The maximum absolute atomic E-state index is 13.2. The molecule has 35 heavy (non-hydrogen) atoms. The fraction of sp³-hybridized carbons (Fsp3) is 0.0741. The third-order valence-corrected chi connectivity index (χ3v) is 5.88. The topological polar surface area (TPSA) is 87.9 Å². The Morgan fingerprint density at radius 3 is 2.14 bits per heavy atom. The standard InChI is InChI=1S/C27H18ClNO6/c28-21-8-5-9-22(29(31)32)26(21)34-18-14-12-17(13-15-18)16-33-27(30)25-19-6-1-3-10-23(19)35-24-11-4-2-7-20(24)25/h1-15,25H,16H2. The zero-order valence-corrected chi connectivity index (χ0v) is 19.0. The van der Waals surface area contributed by atoms with Crippen LogP contribution in [0.15, 0.2) is 91.0 Å². The van der Waals surface area contributed by atoms with Crippen molar-refractivity contribution in [2.24, 2.45) is 0 Å². The summed E-state index contributed by atoms with van der Waals surface area (Å²) >= 11 is 6.09. The molecule has 0 fully saturated rings. The van der Waals surface area contributed by atoms with Crippen LogP contribution in [0.3, 0.4) is 0 Å². The number of nitro benzene ring substituents is 1. The summed E-state index contributed by atoms with van der Waals surface area (Å²) in [7, 11) is 0. The van der Waals surface area contributed by atoms with Crippen LogP contribution in [0, 0.1) is 10.1 Å². The lowest BCUT2D eigenvalue weighted by molar-refractivity contribution is -0.385. The van der Waals surface area contributed by atoms with Crippen LogP contribution in [-0.4, -0.2) is 10.9 Å². The second-order valence-corrected chi connectivity index (χ2v) is 8.22. The number of fused-ring (bicyclic) bond motifs is 2. The molecule has 0 bridgehead atoms. The molecule has 0 N–H and O–H groups in total. The number of nitrogens with zero attached hydrogens (tertiary/aromatic N) is 1. The van der Waals surface area contributed by atoms with Crippen molar-refractivity contribution in [3.05, 3.63) is 123 Å². The van der Waals surface area contributed by atoms with E-state index in [1.165, 1.54) is 18.2 Å². The van der Waals surface area contributed by atoms with Crippen LogP contribution in [0.1, 0.15) is 22.6 Å². The highest BCUT2D eigenvalue weighted by Gasteiger charge is 2.33. The van der Waals surface area contributed by atoms with E-state index in [1.807, 2.05) is 48.5 Å². The summed E-state index contributed by atoms with van der Waals surface area (Å²) < 4.78 is 17.3. The van der Waals surface area contributed by atoms with Gasteiger partial charge in [0.2, 0.25) is 5.75 Å². The van der Waals surface area contributed by atoms with E-state index in [-0.39, 0.29) is 29.0 Å². The molecule has 0 saturated carbocycles. The summed E-state index contributed by atoms with van der Waals surface area (Å²) in [6, 6.07) is 25.8. The van der Waals surface area contributed by atoms with Gasteiger partial charge in [-0.1, -0.05) is 66.2 Å². The molecule has 5 rings (SSSR count). The van der Waals surface area contributed by atoms with Crippen LogP contribution >= 0.6 is 11.6 Å². The highest BCUT2D eigenvalue weighted by Crippen LogP contribution is 2.44. The lowest BCUT2D eigenvalue weighted by Crippen LogP contribution is -2.21. The van der Waals surface area contributed by atoms with E-state index in [0.29, 0.717) is 17.2 Å². The van der Waals surface area contributed by atoms with Gasteiger partial charge in [0.05, 0.1) is 9.95 Å². The summed E-state index contributed by atoms with van der Waals surface area (Å²) in [4.78, 5) is 23.9. The van der Waals surface area contributed by atoms with Gasteiger partial charge in [-0.2, -0.15) is 0 Å². The predicted octanol–water partition coefficient (Wildman–Crippen LogP) is 7.02. The third kappa shape index (κ3) is 4.54. The number of benzene rings is 4. The predicted molar refractivity (Wildman–Crippen MR) is 129 cm³/mol. The van der Waals surface area contributed by atoms with E-state index in [9.17, 15) is 14.9 Å². The molecular formula is C27H18ClNO6. The first kappa shape index (κ1) is 22.4. The smallest absolute Gasteiger partial charge is 0.318 e. The second-order valence-electron chi connectivity index (χ2n) is 7.81.